The third kappa shape index (κ3) is 4.19. The van der Waals surface area contributed by atoms with E-state index in [1.807, 2.05) is 59.2 Å². The standard InChI is InChI=1S/C24H22N4OS/c1-3-18-8-10-19(11-9-18)22(29)16-30-24-27-26-23(20-12-14-25-15-13-20)28(24)21-7-5-4-6-17(21)2/h4-15H,3,16H2,1-2H3. The van der Waals surface area contributed by atoms with Crippen molar-refractivity contribution in [2.45, 2.75) is 25.4 Å². The molecule has 0 spiro atoms. The van der Waals surface area contributed by atoms with Crippen LogP contribution in [-0.2, 0) is 6.42 Å². The summed E-state index contributed by atoms with van der Waals surface area (Å²) >= 11 is 1.40. The molecule has 0 saturated heterocycles. The van der Waals surface area contributed by atoms with Crippen LogP contribution in [-0.4, -0.2) is 31.3 Å². The fourth-order valence-corrected chi connectivity index (χ4v) is 4.06. The van der Waals surface area contributed by atoms with Gasteiger partial charge in [0.1, 0.15) is 0 Å². The fraction of sp³-hybridized carbons (Fsp3) is 0.167. The Morgan fingerprint density at radius 1 is 0.967 bits per heavy atom. The molecule has 0 N–H and O–H groups in total. The highest BCUT2D eigenvalue weighted by Gasteiger charge is 2.18. The highest BCUT2D eigenvalue weighted by molar-refractivity contribution is 7.99. The minimum atomic E-state index is 0.0763. The third-order valence-electron chi connectivity index (χ3n) is 4.94. The highest BCUT2D eigenvalue weighted by atomic mass is 32.2. The Kier molecular flexibility index (Phi) is 6.05. The Bertz CT molecular complexity index is 1150. The summed E-state index contributed by atoms with van der Waals surface area (Å²) in [4.78, 5) is 16.8. The first kappa shape index (κ1) is 20.0. The van der Waals surface area contributed by atoms with E-state index in [9.17, 15) is 4.79 Å². The second kappa shape index (κ2) is 9.05. The summed E-state index contributed by atoms with van der Waals surface area (Å²) in [5, 5.41) is 9.53. The topological polar surface area (TPSA) is 60.7 Å². The van der Waals surface area contributed by atoms with Crippen LogP contribution in [0.2, 0.25) is 0 Å². The van der Waals surface area contributed by atoms with Crippen molar-refractivity contribution in [2.24, 2.45) is 0 Å². The molecular formula is C24H22N4OS. The first-order valence-electron chi connectivity index (χ1n) is 9.84. The number of ketones is 1. The van der Waals surface area contributed by atoms with E-state index < -0.39 is 0 Å². The quantitative estimate of drug-likeness (QED) is 0.308. The van der Waals surface area contributed by atoms with Crippen LogP contribution in [0, 0.1) is 6.92 Å². The smallest absolute Gasteiger partial charge is 0.196 e. The number of nitrogens with zero attached hydrogens (tertiary/aromatic N) is 4. The normalized spacial score (nSPS) is 10.9. The van der Waals surface area contributed by atoms with Gasteiger partial charge in [0.15, 0.2) is 16.8 Å². The maximum absolute atomic E-state index is 12.7. The van der Waals surface area contributed by atoms with Crippen LogP contribution >= 0.6 is 11.8 Å². The van der Waals surface area contributed by atoms with E-state index in [4.69, 9.17) is 0 Å². The molecule has 0 bridgehead atoms. The molecule has 150 valence electrons. The average Bonchev–Trinajstić information content (AvgIpc) is 3.22. The van der Waals surface area contributed by atoms with Crippen molar-refractivity contribution < 1.29 is 4.79 Å². The lowest BCUT2D eigenvalue weighted by atomic mass is 10.1. The number of carbonyl (C=O) groups is 1. The number of hydrogen-bond donors (Lipinski definition) is 0. The predicted octanol–water partition coefficient (Wildman–Crippen LogP) is 5.18. The third-order valence-corrected chi connectivity index (χ3v) is 5.87. The van der Waals surface area contributed by atoms with E-state index in [0.29, 0.717) is 10.9 Å². The maximum atomic E-state index is 12.7. The van der Waals surface area contributed by atoms with Gasteiger partial charge in [0, 0.05) is 23.5 Å². The van der Waals surface area contributed by atoms with Crippen molar-refractivity contribution in [3.05, 3.63) is 89.7 Å². The number of aryl methyl sites for hydroxylation is 2. The van der Waals surface area contributed by atoms with Crippen molar-refractivity contribution in [3.8, 4) is 17.1 Å². The van der Waals surface area contributed by atoms with Crippen LogP contribution in [0.25, 0.3) is 17.1 Å². The Morgan fingerprint density at radius 3 is 2.40 bits per heavy atom. The van der Waals surface area contributed by atoms with E-state index in [1.54, 1.807) is 12.4 Å². The van der Waals surface area contributed by atoms with E-state index in [0.717, 1.165) is 34.6 Å². The number of para-hydroxylation sites is 1. The minimum Gasteiger partial charge on any atom is -0.293 e. The van der Waals surface area contributed by atoms with Gasteiger partial charge in [-0.3, -0.25) is 14.3 Å². The van der Waals surface area contributed by atoms with Gasteiger partial charge in [0.2, 0.25) is 0 Å². The van der Waals surface area contributed by atoms with Gasteiger partial charge in [-0.15, -0.1) is 10.2 Å². The number of benzene rings is 2. The van der Waals surface area contributed by atoms with Gasteiger partial charge in [-0.2, -0.15) is 0 Å². The summed E-state index contributed by atoms with van der Waals surface area (Å²) in [5.41, 5.74) is 4.97. The zero-order valence-electron chi connectivity index (χ0n) is 16.9. The van der Waals surface area contributed by atoms with Crippen molar-refractivity contribution in [2.75, 3.05) is 5.75 Å². The molecule has 0 fully saturated rings. The van der Waals surface area contributed by atoms with E-state index in [1.165, 1.54) is 17.3 Å². The van der Waals surface area contributed by atoms with E-state index in [2.05, 4.69) is 35.1 Å². The first-order chi connectivity index (χ1) is 14.7. The second-order valence-electron chi connectivity index (χ2n) is 6.93. The van der Waals surface area contributed by atoms with Crippen molar-refractivity contribution in [1.82, 2.24) is 19.7 Å². The summed E-state index contributed by atoms with van der Waals surface area (Å²) < 4.78 is 2.02. The van der Waals surface area contributed by atoms with Crippen molar-refractivity contribution in [3.63, 3.8) is 0 Å². The second-order valence-corrected chi connectivity index (χ2v) is 7.87. The lowest BCUT2D eigenvalue weighted by molar-refractivity contribution is 0.102. The summed E-state index contributed by atoms with van der Waals surface area (Å²) in [7, 11) is 0. The van der Waals surface area contributed by atoms with Crippen LogP contribution in [0.1, 0.15) is 28.4 Å². The number of pyridine rings is 1. The molecule has 30 heavy (non-hydrogen) atoms. The number of hydrogen-bond acceptors (Lipinski definition) is 5. The SMILES string of the molecule is CCc1ccc(C(=O)CSc2nnc(-c3ccncc3)n2-c2ccccc2C)cc1. The molecule has 4 aromatic rings. The molecule has 5 nitrogen and oxygen atoms in total. The zero-order valence-corrected chi connectivity index (χ0v) is 17.8. The predicted molar refractivity (Wildman–Crippen MR) is 120 cm³/mol. The van der Waals surface area contributed by atoms with E-state index >= 15 is 0 Å². The highest BCUT2D eigenvalue weighted by Crippen LogP contribution is 2.29. The Hall–Kier alpha value is -3.25. The van der Waals surface area contributed by atoms with Crippen LogP contribution in [0.3, 0.4) is 0 Å². The maximum Gasteiger partial charge on any atom is 0.196 e. The number of carbonyl (C=O) groups excluding carboxylic acids is 1. The van der Waals surface area contributed by atoms with Gasteiger partial charge in [0.25, 0.3) is 0 Å². The van der Waals surface area contributed by atoms with Crippen molar-refractivity contribution in [1.29, 1.82) is 0 Å². The number of rotatable bonds is 7. The molecule has 0 aliphatic carbocycles. The summed E-state index contributed by atoms with van der Waals surface area (Å²) in [6.07, 6.45) is 4.44. The molecule has 2 aromatic heterocycles. The van der Waals surface area contributed by atoms with Crippen molar-refractivity contribution >= 4 is 17.5 Å². The summed E-state index contributed by atoms with van der Waals surface area (Å²) in [6, 6.07) is 19.7. The molecule has 0 saturated carbocycles. The first-order valence-corrected chi connectivity index (χ1v) is 10.8. The van der Waals surface area contributed by atoms with Gasteiger partial charge in [-0.1, -0.05) is 61.2 Å². The average molecular weight is 415 g/mol. The van der Waals surface area contributed by atoms with Gasteiger partial charge in [-0.05, 0) is 42.7 Å². The van der Waals surface area contributed by atoms with Gasteiger partial charge in [-0.25, -0.2) is 0 Å². The largest absolute Gasteiger partial charge is 0.293 e. The van der Waals surface area contributed by atoms with Crippen LogP contribution in [0.4, 0.5) is 0 Å². The monoisotopic (exact) mass is 414 g/mol. The van der Waals surface area contributed by atoms with Crippen LogP contribution in [0.5, 0.6) is 0 Å². The molecular weight excluding hydrogens is 392 g/mol. The molecule has 2 aromatic carbocycles. The van der Waals surface area contributed by atoms with Crippen LogP contribution < -0.4 is 0 Å². The van der Waals surface area contributed by atoms with Gasteiger partial charge >= 0.3 is 0 Å². The molecule has 0 aliphatic rings. The summed E-state index contributed by atoms with van der Waals surface area (Å²) in [5.74, 6) is 1.10. The molecule has 6 heteroatoms. The summed E-state index contributed by atoms with van der Waals surface area (Å²) in [6.45, 7) is 4.16. The molecule has 0 aliphatic heterocycles. The van der Waals surface area contributed by atoms with Gasteiger partial charge in [0.05, 0.1) is 11.4 Å². The minimum absolute atomic E-state index is 0.0763. The number of aromatic nitrogens is 4. The molecule has 0 radical (unpaired) electrons. The molecule has 0 amide bonds. The molecule has 0 unspecified atom stereocenters. The Morgan fingerprint density at radius 2 is 1.70 bits per heavy atom. The zero-order chi connectivity index (χ0) is 20.9. The Balaban J connectivity index is 1.65. The number of thioether (sulfide) groups is 1. The Labute approximate surface area is 180 Å². The molecule has 2 heterocycles. The molecule has 0 atom stereocenters. The fourth-order valence-electron chi connectivity index (χ4n) is 3.22. The molecule has 4 rings (SSSR count). The number of Topliss-reactive ketones (excluding diaryl/α,β-unsaturated/α-hetero) is 1. The van der Waals surface area contributed by atoms with Crippen LogP contribution in [0.15, 0.2) is 78.2 Å². The van der Waals surface area contributed by atoms with E-state index in [-0.39, 0.29) is 5.78 Å². The lowest BCUT2D eigenvalue weighted by Crippen LogP contribution is -2.06. The lowest BCUT2D eigenvalue weighted by Gasteiger charge is -2.12. The van der Waals surface area contributed by atoms with Gasteiger partial charge < -0.3 is 0 Å².